The van der Waals surface area contributed by atoms with Crippen molar-refractivity contribution in [3.8, 4) is 0 Å². The molecule has 3 heterocycles. The molecule has 3 unspecified atom stereocenters. The molecule has 112 valence electrons. The zero-order valence-corrected chi connectivity index (χ0v) is 12.6. The first-order valence-corrected chi connectivity index (χ1v) is 7.86. The molecular formula is C15H26N4O. The lowest BCUT2D eigenvalue weighted by atomic mass is 10.1. The lowest BCUT2D eigenvalue weighted by Crippen LogP contribution is -2.51. The quantitative estimate of drug-likeness (QED) is 0.882. The van der Waals surface area contributed by atoms with Crippen LogP contribution >= 0.6 is 0 Å². The summed E-state index contributed by atoms with van der Waals surface area (Å²) in [5.41, 5.74) is 0. The monoisotopic (exact) mass is 278 g/mol. The van der Waals surface area contributed by atoms with E-state index >= 15 is 0 Å². The van der Waals surface area contributed by atoms with E-state index in [0.717, 1.165) is 31.9 Å². The predicted molar refractivity (Wildman–Crippen MR) is 78.6 cm³/mol. The largest absolute Gasteiger partial charge is 0.373 e. The van der Waals surface area contributed by atoms with Gasteiger partial charge in [-0.05, 0) is 32.4 Å². The third-order valence-corrected chi connectivity index (χ3v) is 4.54. The maximum Gasteiger partial charge on any atom is 0.128 e. The summed E-state index contributed by atoms with van der Waals surface area (Å²) < 4.78 is 8.28. The first kappa shape index (κ1) is 14.0. The van der Waals surface area contributed by atoms with Gasteiger partial charge in [-0.25, -0.2) is 4.98 Å². The molecule has 20 heavy (non-hydrogen) atoms. The fourth-order valence-electron chi connectivity index (χ4n) is 3.41. The van der Waals surface area contributed by atoms with Crippen molar-refractivity contribution in [2.45, 2.75) is 44.4 Å². The molecule has 1 N–H and O–H groups in total. The smallest absolute Gasteiger partial charge is 0.128 e. The number of fused-ring (bicyclic) bond motifs is 1. The Morgan fingerprint density at radius 1 is 1.55 bits per heavy atom. The molecule has 2 fully saturated rings. The molecular weight excluding hydrogens is 252 g/mol. The second-order valence-corrected chi connectivity index (χ2v) is 5.99. The molecule has 3 atom stereocenters. The molecule has 0 saturated carbocycles. The molecule has 0 bridgehead atoms. The third kappa shape index (κ3) is 2.75. The molecule has 0 radical (unpaired) electrons. The summed E-state index contributed by atoms with van der Waals surface area (Å²) in [6.45, 7) is 6.32. The van der Waals surface area contributed by atoms with E-state index in [2.05, 4.69) is 33.7 Å². The van der Waals surface area contributed by atoms with Gasteiger partial charge in [-0.15, -0.1) is 0 Å². The molecule has 1 aromatic heterocycles. The Morgan fingerprint density at radius 2 is 2.45 bits per heavy atom. The first-order chi connectivity index (χ1) is 9.79. The van der Waals surface area contributed by atoms with Crippen molar-refractivity contribution in [1.82, 2.24) is 19.8 Å². The molecule has 0 aromatic carbocycles. The summed E-state index contributed by atoms with van der Waals surface area (Å²) in [7, 11) is 2.06. The highest BCUT2D eigenvalue weighted by Crippen LogP contribution is 2.28. The van der Waals surface area contributed by atoms with Crippen LogP contribution < -0.4 is 5.32 Å². The Labute approximate surface area is 121 Å². The number of imidazole rings is 1. The standard InChI is InChI=1S/C15H26N4O/c1-3-6-16-14(15-17-7-9-18(15)2)13-10-19-8-4-5-12(19)11-20-13/h7,9,12-14,16H,3-6,8,10-11H2,1-2H3. The van der Waals surface area contributed by atoms with Gasteiger partial charge in [0.2, 0.25) is 0 Å². The normalized spacial score (nSPS) is 28.5. The number of morpholine rings is 1. The number of hydrogen-bond donors (Lipinski definition) is 1. The van der Waals surface area contributed by atoms with E-state index in [1.165, 1.54) is 19.4 Å². The summed E-state index contributed by atoms with van der Waals surface area (Å²) in [4.78, 5) is 7.13. The summed E-state index contributed by atoms with van der Waals surface area (Å²) in [6, 6.07) is 0.843. The van der Waals surface area contributed by atoms with Gasteiger partial charge in [0.15, 0.2) is 0 Å². The minimum absolute atomic E-state index is 0.191. The predicted octanol–water partition coefficient (Wildman–Crippen LogP) is 1.32. The Balaban J connectivity index is 1.73. The molecule has 0 aliphatic carbocycles. The van der Waals surface area contributed by atoms with Gasteiger partial charge in [-0.3, -0.25) is 4.90 Å². The Morgan fingerprint density at radius 3 is 3.20 bits per heavy atom. The lowest BCUT2D eigenvalue weighted by Gasteiger charge is -2.38. The van der Waals surface area contributed by atoms with Crippen LogP contribution in [-0.2, 0) is 11.8 Å². The van der Waals surface area contributed by atoms with Crippen molar-refractivity contribution in [3.05, 3.63) is 18.2 Å². The SMILES string of the molecule is CCCNC(c1nccn1C)C1CN2CCCC2CO1. The minimum Gasteiger partial charge on any atom is -0.373 e. The van der Waals surface area contributed by atoms with Gasteiger partial charge in [0.1, 0.15) is 5.82 Å². The van der Waals surface area contributed by atoms with E-state index in [0.29, 0.717) is 6.04 Å². The topological polar surface area (TPSA) is 42.3 Å². The molecule has 2 saturated heterocycles. The molecule has 2 aliphatic heterocycles. The van der Waals surface area contributed by atoms with Crippen molar-refractivity contribution in [3.63, 3.8) is 0 Å². The number of rotatable bonds is 5. The van der Waals surface area contributed by atoms with E-state index in [-0.39, 0.29) is 12.1 Å². The van der Waals surface area contributed by atoms with E-state index in [4.69, 9.17) is 4.74 Å². The third-order valence-electron chi connectivity index (χ3n) is 4.54. The van der Waals surface area contributed by atoms with Crippen LogP contribution in [0.5, 0.6) is 0 Å². The molecule has 0 amide bonds. The highest BCUT2D eigenvalue weighted by molar-refractivity contribution is 5.04. The number of aromatic nitrogens is 2. The van der Waals surface area contributed by atoms with Crippen molar-refractivity contribution in [2.24, 2.45) is 7.05 Å². The maximum atomic E-state index is 6.17. The highest BCUT2D eigenvalue weighted by Gasteiger charge is 2.37. The van der Waals surface area contributed by atoms with Gasteiger partial charge >= 0.3 is 0 Å². The molecule has 5 heteroatoms. The Bertz CT molecular complexity index is 433. The first-order valence-electron chi connectivity index (χ1n) is 7.86. The van der Waals surface area contributed by atoms with Crippen LogP contribution in [0.2, 0.25) is 0 Å². The van der Waals surface area contributed by atoms with Gasteiger partial charge in [-0.1, -0.05) is 6.92 Å². The van der Waals surface area contributed by atoms with Crippen molar-refractivity contribution < 1.29 is 4.74 Å². The number of nitrogens with zero attached hydrogens (tertiary/aromatic N) is 3. The van der Waals surface area contributed by atoms with Crippen LogP contribution in [-0.4, -0.2) is 52.8 Å². The molecule has 1 aromatic rings. The number of aryl methyl sites for hydroxylation is 1. The van der Waals surface area contributed by atoms with Gasteiger partial charge in [0, 0.05) is 32.0 Å². The van der Waals surface area contributed by atoms with Crippen molar-refractivity contribution in [2.75, 3.05) is 26.2 Å². The molecule has 2 aliphatic rings. The lowest BCUT2D eigenvalue weighted by molar-refractivity contribution is -0.0668. The molecule has 0 spiro atoms. The second-order valence-electron chi connectivity index (χ2n) is 5.99. The summed E-state index contributed by atoms with van der Waals surface area (Å²) in [6.07, 6.45) is 7.82. The van der Waals surface area contributed by atoms with Crippen LogP contribution in [0.25, 0.3) is 0 Å². The van der Waals surface area contributed by atoms with Gasteiger partial charge in [-0.2, -0.15) is 0 Å². The fraction of sp³-hybridized carbons (Fsp3) is 0.800. The Kier molecular flexibility index (Phi) is 4.38. The van der Waals surface area contributed by atoms with Crippen molar-refractivity contribution in [1.29, 1.82) is 0 Å². The number of nitrogens with one attached hydrogen (secondary N) is 1. The van der Waals surface area contributed by atoms with E-state index in [9.17, 15) is 0 Å². The van der Waals surface area contributed by atoms with Crippen LogP contribution in [0.15, 0.2) is 12.4 Å². The summed E-state index contributed by atoms with van der Waals surface area (Å²) in [5, 5.41) is 3.63. The van der Waals surface area contributed by atoms with Gasteiger partial charge in [0.05, 0.1) is 18.8 Å². The van der Waals surface area contributed by atoms with Crippen molar-refractivity contribution >= 4 is 0 Å². The minimum atomic E-state index is 0.191. The van der Waals surface area contributed by atoms with Crippen LogP contribution in [0, 0.1) is 0 Å². The fourth-order valence-corrected chi connectivity index (χ4v) is 3.41. The maximum absolute atomic E-state index is 6.17. The molecule has 5 nitrogen and oxygen atoms in total. The zero-order chi connectivity index (χ0) is 13.9. The number of ether oxygens (including phenoxy) is 1. The summed E-state index contributed by atoms with van der Waals surface area (Å²) >= 11 is 0. The van der Waals surface area contributed by atoms with Crippen LogP contribution in [0.4, 0.5) is 0 Å². The van der Waals surface area contributed by atoms with Crippen LogP contribution in [0.1, 0.15) is 38.1 Å². The Hall–Kier alpha value is -0.910. The highest BCUT2D eigenvalue weighted by atomic mass is 16.5. The average Bonchev–Trinajstić information content (AvgIpc) is 3.08. The van der Waals surface area contributed by atoms with E-state index in [1.807, 2.05) is 12.4 Å². The van der Waals surface area contributed by atoms with Gasteiger partial charge < -0.3 is 14.6 Å². The second kappa shape index (κ2) is 6.24. The zero-order valence-electron chi connectivity index (χ0n) is 12.6. The van der Waals surface area contributed by atoms with Crippen LogP contribution in [0.3, 0.4) is 0 Å². The average molecular weight is 278 g/mol. The van der Waals surface area contributed by atoms with E-state index in [1.54, 1.807) is 0 Å². The van der Waals surface area contributed by atoms with E-state index < -0.39 is 0 Å². The molecule has 3 rings (SSSR count). The number of hydrogen-bond acceptors (Lipinski definition) is 4. The van der Waals surface area contributed by atoms with Gasteiger partial charge in [0.25, 0.3) is 0 Å². The summed E-state index contributed by atoms with van der Waals surface area (Å²) in [5.74, 6) is 1.08.